The predicted molar refractivity (Wildman–Crippen MR) is 187 cm³/mol. The number of hydrogen-bond acceptors (Lipinski definition) is 10. The molecule has 4 aromatic rings. The number of H-pyrrole nitrogens is 1. The largest absolute Gasteiger partial charge is 0.497 e. The highest BCUT2D eigenvalue weighted by Crippen LogP contribution is 2.68. The third kappa shape index (κ3) is 5.39. The number of benzene rings is 3. The number of rotatable bonds is 9. The summed E-state index contributed by atoms with van der Waals surface area (Å²) in [5, 5.41) is 3.68. The number of fused-ring (bicyclic) bond motifs is 9. The first-order chi connectivity index (χ1) is 24.2. The van der Waals surface area contributed by atoms with Gasteiger partial charge in [-0.15, -0.1) is 11.8 Å². The van der Waals surface area contributed by atoms with Gasteiger partial charge in [0.15, 0.2) is 6.61 Å². The van der Waals surface area contributed by atoms with Crippen LogP contribution in [0.1, 0.15) is 40.1 Å². The van der Waals surface area contributed by atoms with Crippen LogP contribution in [0.2, 0.25) is 0 Å². The topological polar surface area (TPSA) is 144 Å². The van der Waals surface area contributed by atoms with Crippen molar-refractivity contribution in [1.29, 1.82) is 0 Å². The summed E-state index contributed by atoms with van der Waals surface area (Å²) in [6.45, 7) is 1.81. The van der Waals surface area contributed by atoms with E-state index in [0.29, 0.717) is 28.4 Å². The Kier molecular flexibility index (Phi) is 8.26. The number of amides is 3. The summed E-state index contributed by atoms with van der Waals surface area (Å²) in [6, 6.07) is 21.0. The Morgan fingerprint density at radius 1 is 0.900 bits per heavy atom. The molecule has 4 aliphatic rings. The molecule has 3 heterocycles. The quantitative estimate of drug-likeness (QED) is 0.174. The van der Waals surface area contributed by atoms with Gasteiger partial charge in [-0.05, 0) is 97.3 Å². The van der Waals surface area contributed by atoms with Crippen LogP contribution in [0, 0.1) is 29.6 Å². The highest BCUT2D eigenvalue weighted by atomic mass is 32.2. The molecule has 0 radical (unpaired) electrons. The van der Waals surface area contributed by atoms with Crippen LogP contribution in [0.15, 0.2) is 82.6 Å². The van der Waals surface area contributed by atoms with E-state index < -0.39 is 17.8 Å². The van der Waals surface area contributed by atoms with E-state index in [9.17, 15) is 24.0 Å². The molecule has 2 bridgehead atoms. The number of anilines is 2. The lowest BCUT2D eigenvalue weighted by molar-refractivity contribution is -0.123. The minimum Gasteiger partial charge on any atom is -0.497 e. The molecular weight excluding hydrogens is 679 g/mol. The second-order valence-corrected chi connectivity index (χ2v) is 15.1. The van der Waals surface area contributed by atoms with E-state index in [1.165, 1.54) is 16.2 Å². The smallest absolute Gasteiger partial charge is 0.338 e. The molecule has 13 heteroatoms. The molecule has 2 N–H and O–H groups in total. The fourth-order valence-corrected chi connectivity index (χ4v) is 11.3. The van der Waals surface area contributed by atoms with Gasteiger partial charge in [0.2, 0.25) is 11.8 Å². The number of esters is 1. The van der Waals surface area contributed by atoms with Crippen molar-refractivity contribution < 1.29 is 33.4 Å². The molecule has 3 fully saturated rings. The lowest BCUT2D eigenvalue weighted by Crippen LogP contribution is -2.42. The van der Waals surface area contributed by atoms with E-state index in [4.69, 9.17) is 14.2 Å². The number of nitrogens with zero attached hydrogens (tertiary/aromatic N) is 1. The Morgan fingerprint density at radius 3 is 2.26 bits per heavy atom. The Labute approximate surface area is 295 Å². The highest BCUT2D eigenvalue weighted by Gasteiger charge is 2.69. The summed E-state index contributed by atoms with van der Waals surface area (Å²) in [5.41, 5.74) is 2.42. The van der Waals surface area contributed by atoms with Gasteiger partial charge < -0.3 is 24.5 Å². The zero-order valence-corrected chi connectivity index (χ0v) is 28.8. The number of aromatic nitrogens is 1. The first-order valence-corrected chi connectivity index (χ1v) is 18.2. The number of hydrogen-bond donors (Lipinski definition) is 2. The molecule has 11 nitrogen and oxygen atoms in total. The van der Waals surface area contributed by atoms with E-state index >= 15 is 0 Å². The van der Waals surface area contributed by atoms with Crippen molar-refractivity contribution in [3.63, 3.8) is 0 Å². The SMILES string of the molecule is CCOC(=O)c1ccc(N2C(=O)C3C(C2=O)[C@@H]2C[C@H]3C3Sc4[nH]c(=O)sc4[C@H](c4ccc(OCC(=O)Nc5ccc(OC)cc5)cc4)C32)cc1. The Bertz CT molecular complexity index is 2040. The normalized spacial score (nSPS) is 25.9. The summed E-state index contributed by atoms with van der Waals surface area (Å²) in [5.74, 6) is -1.01. The maximum atomic E-state index is 14.1. The lowest BCUT2D eigenvalue weighted by Gasteiger charge is -2.43. The van der Waals surface area contributed by atoms with Crippen molar-refractivity contribution in [2.45, 2.75) is 29.5 Å². The Morgan fingerprint density at radius 2 is 1.58 bits per heavy atom. The molecule has 2 aliphatic carbocycles. The lowest BCUT2D eigenvalue weighted by atomic mass is 9.68. The standard InChI is InChI=1S/C37H33N3O8S2/c1-3-47-36(44)19-4-10-21(11-5-19)40-34(42)29-24-16-25(30(29)35(40)43)31-28(24)27(32-33(49-31)39-37(45)50-32)18-6-12-23(13-7-18)48-17-26(41)38-20-8-14-22(46-2)15-9-20/h4-15,24-25,27-31H,3,16-17H2,1-2H3,(H,38,41)(H,39,45)/t24-,25-,27-,28?,29?,30?,31?/m1/s1. The van der Waals surface area contributed by atoms with Crippen LogP contribution >= 0.6 is 23.1 Å². The van der Waals surface area contributed by atoms with Crippen LogP contribution in [0.3, 0.4) is 0 Å². The van der Waals surface area contributed by atoms with Crippen LogP contribution in [-0.2, 0) is 19.1 Å². The summed E-state index contributed by atoms with van der Waals surface area (Å²) in [7, 11) is 1.58. The molecule has 1 saturated heterocycles. The molecule has 2 aliphatic heterocycles. The molecule has 256 valence electrons. The van der Waals surface area contributed by atoms with E-state index in [1.807, 2.05) is 24.3 Å². The zero-order valence-electron chi connectivity index (χ0n) is 27.1. The van der Waals surface area contributed by atoms with Gasteiger partial charge in [-0.2, -0.15) is 0 Å². The fraction of sp³-hybridized carbons (Fsp3) is 0.324. The number of thiazole rings is 1. The number of ether oxygens (including phenoxy) is 3. The van der Waals surface area contributed by atoms with Crippen molar-refractivity contribution in [3.05, 3.63) is 98.5 Å². The minimum absolute atomic E-state index is 0.0221. The molecule has 8 rings (SSSR count). The van der Waals surface area contributed by atoms with Crippen LogP contribution in [-0.4, -0.2) is 54.2 Å². The van der Waals surface area contributed by atoms with Gasteiger partial charge in [0.1, 0.15) is 11.5 Å². The van der Waals surface area contributed by atoms with Gasteiger partial charge in [-0.3, -0.25) is 24.1 Å². The minimum atomic E-state index is -0.458. The van der Waals surface area contributed by atoms with Gasteiger partial charge in [0.05, 0.1) is 41.8 Å². The first-order valence-electron chi connectivity index (χ1n) is 16.5. The maximum absolute atomic E-state index is 14.1. The predicted octanol–water partition coefficient (Wildman–Crippen LogP) is 5.32. The van der Waals surface area contributed by atoms with Gasteiger partial charge in [-0.1, -0.05) is 23.5 Å². The first kappa shape index (κ1) is 32.3. The highest BCUT2D eigenvalue weighted by molar-refractivity contribution is 8.00. The molecule has 7 atom stereocenters. The van der Waals surface area contributed by atoms with Gasteiger partial charge in [-0.25, -0.2) is 4.79 Å². The monoisotopic (exact) mass is 711 g/mol. The second-order valence-electron chi connectivity index (χ2n) is 12.9. The number of nitrogens with one attached hydrogen (secondary N) is 2. The number of thioether (sulfide) groups is 1. The van der Waals surface area contributed by atoms with E-state index in [-0.39, 0.29) is 64.7 Å². The molecule has 3 amide bonds. The summed E-state index contributed by atoms with van der Waals surface area (Å²) < 4.78 is 16.0. The molecule has 3 aromatic carbocycles. The Balaban J connectivity index is 1.02. The number of methoxy groups -OCH3 is 1. The van der Waals surface area contributed by atoms with Crippen LogP contribution < -0.4 is 24.6 Å². The molecular formula is C37H33N3O8S2. The Hall–Kier alpha value is -4.88. The second kappa shape index (κ2) is 12.8. The number of imide groups is 1. The summed E-state index contributed by atoms with van der Waals surface area (Å²) in [4.78, 5) is 70.6. The summed E-state index contributed by atoms with van der Waals surface area (Å²) in [6.07, 6.45) is 0.769. The molecule has 50 heavy (non-hydrogen) atoms. The van der Waals surface area contributed by atoms with Crippen molar-refractivity contribution in [2.24, 2.45) is 29.6 Å². The van der Waals surface area contributed by atoms with E-state index in [2.05, 4.69) is 10.3 Å². The molecule has 2 saturated carbocycles. The van der Waals surface area contributed by atoms with Crippen molar-refractivity contribution >= 4 is 58.2 Å². The van der Waals surface area contributed by atoms with E-state index in [1.54, 1.807) is 74.3 Å². The number of carbonyl (C=O) groups excluding carboxylic acids is 4. The van der Waals surface area contributed by atoms with Crippen LogP contribution in [0.25, 0.3) is 0 Å². The van der Waals surface area contributed by atoms with Crippen LogP contribution in [0.5, 0.6) is 11.5 Å². The number of aromatic amines is 1. The number of carbonyl (C=O) groups is 4. The van der Waals surface area contributed by atoms with Gasteiger partial charge in [0, 0.05) is 21.7 Å². The average Bonchev–Trinajstić information content (AvgIpc) is 3.87. The molecule has 4 unspecified atom stereocenters. The molecule has 0 spiro atoms. The zero-order chi connectivity index (χ0) is 34.7. The van der Waals surface area contributed by atoms with Gasteiger partial charge in [0.25, 0.3) is 5.91 Å². The third-order valence-electron chi connectivity index (χ3n) is 10.3. The average molecular weight is 712 g/mol. The third-order valence-corrected chi connectivity index (χ3v) is 12.9. The van der Waals surface area contributed by atoms with Crippen LogP contribution in [0.4, 0.5) is 11.4 Å². The molecule has 1 aromatic heterocycles. The van der Waals surface area contributed by atoms with Crippen molar-refractivity contribution in [3.8, 4) is 11.5 Å². The van der Waals surface area contributed by atoms with Crippen molar-refractivity contribution in [1.82, 2.24) is 4.98 Å². The van der Waals surface area contributed by atoms with Crippen molar-refractivity contribution in [2.75, 3.05) is 30.5 Å². The maximum Gasteiger partial charge on any atom is 0.338 e. The summed E-state index contributed by atoms with van der Waals surface area (Å²) >= 11 is 2.83. The fourth-order valence-electron chi connectivity index (χ4n) is 8.40. The van der Waals surface area contributed by atoms with Gasteiger partial charge >= 0.3 is 10.8 Å². The van der Waals surface area contributed by atoms with E-state index in [0.717, 1.165) is 21.9 Å².